The fourth-order valence-electron chi connectivity index (χ4n) is 4.05. The number of likely N-dealkylation sites (tertiary alicyclic amines) is 1. The first-order valence-corrected chi connectivity index (χ1v) is 10.4. The average molecular weight is 482 g/mol. The van der Waals surface area contributed by atoms with Gasteiger partial charge >= 0.3 is 0 Å². The molecule has 1 aliphatic rings. The number of ether oxygens (including phenoxy) is 1. The molecule has 5 rings (SSSR count). The predicted octanol–water partition coefficient (Wildman–Crippen LogP) is 2.43. The maximum Gasteiger partial charge on any atom is 0.282 e. The summed E-state index contributed by atoms with van der Waals surface area (Å²) < 4.78 is 96.0. The van der Waals surface area contributed by atoms with Gasteiger partial charge in [-0.2, -0.15) is 4.98 Å². The van der Waals surface area contributed by atoms with Crippen LogP contribution < -0.4 is 10.4 Å². The Hall–Kier alpha value is -3.48. The van der Waals surface area contributed by atoms with Crippen LogP contribution in [-0.4, -0.2) is 80.3 Å². The van der Waals surface area contributed by atoms with E-state index in [9.17, 15) is 13.2 Å². The van der Waals surface area contributed by atoms with E-state index in [0.29, 0.717) is 21.5 Å². The molecule has 1 saturated heterocycles. The van der Waals surface area contributed by atoms with Gasteiger partial charge in [-0.25, -0.2) is 27.2 Å². The third kappa shape index (κ3) is 3.79. The van der Waals surface area contributed by atoms with E-state index in [2.05, 4.69) is 25.4 Å². The number of hydrogen-bond acceptors (Lipinski definition) is 6. The number of aryl methyl sites for hydroxylation is 1. The number of nitrogens with one attached hydrogen (secondary N) is 1. The number of aromatic amines is 1. The Morgan fingerprint density at radius 3 is 3.00 bits per heavy atom. The van der Waals surface area contributed by atoms with Crippen LogP contribution in [0.5, 0.6) is 5.88 Å². The molecule has 1 N–H and O–H groups in total. The lowest BCUT2D eigenvalue weighted by molar-refractivity contribution is -0.0738. The van der Waals surface area contributed by atoms with E-state index < -0.39 is 44.1 Å². The molecular formula is C21H22F4N8O. The zero-order valence-corrected chi connectivity index (χ0v) is 17.9. The van der Waals surface area contributed by atoms with Gasteiger partial charge in [0.2, 0.25) is 11.5 Å². The topological polar surface area (TPSA) is 88.6 Å². The lowest BCUT2D eigenvalue weighted by Gasteiger charge is -2.33. The maximum absolute atomic E-state index is 15.4. The third-order valence-corrected chi connectivity index (χ3v) is 5.64. The zero-order valence-electron chi connectivity index (χ0n) is 21.9. The Morgan fingerprint density at radius 2 is 2.26 bits per heavy atom. The first-order chi connectivity index (χ1) is 17.9. The first kappa shape index (κ1) is 17.9. The molecule has 0 amide bonds. The summed E-state index contributed by atoms with van der Waals surface area (Å²) in [6.45, 7) is -4.55. The second kappa shape index (κ2) is 8.38. The van der Waals surface area contributed by atoms with E-state index in [-0.39, 0.29) is 42.1 Å². The molecule has 1 unspecified atom stereocenters. The predicted molar refractivity (Wildman–Crippen MR) is 115 cm³/mol. The molecule has 0 spiro atoms. The number of fused-ring (bicyclic) bond motifs is 2. The van der Waals surface area contributed by atoms with Crippen LogP contribution in [0.2, 0.25) is 0 Å². The first-order valence-electron chi connectivity index (χ1n) is 12.4. The fraction of sp³-hybridized carbons (Fsp3) is 0.429. The molecule has 0 aliphatic carbocycles. The Kier molecular flexibility index (Phi) is 4.42. The number of H-pyrrole nitrogens is 1. The normalized spacial score (nSPS) is 21.4. The van der Waals surface area contributed by atoms with Crippen LogP contribution in [0, 0.1) is 5.82 Å². The second-order valence-corrected chi connectivity index (χ2v) is 7.86. The number of methoxy groups -OCH3 is 1. The molecule has 1 aromatic carbocycles. The minimum absolute atomic E-state index is 0.0156. The molecule has 4 heterocycles. The standard InChI is InChI=1S/C21H22F4N8O/c1-31-7-5-16(21(24,25)11-31)26-20-27-19(34-2)18-17(13(23)10-33(18)29-20)12-3-4-14-15(9-12)32(8-6-22)30-28-14/h3-4,9-10,16H,5-8,11H2,1-2H3,(H,26,29)/i1D3,10D. The molecule has 0 saturated carbocycles. The number of halogens is 4. The average Bonchev–Trinajstić information content (AvgIpc) is 3.37. The number of rotatable bonds is 5. The number of piperidine rings is 1. The molecule has 180 valence electrons. The number of nitrogens with zero attached hydrogens (tertiary/aromatic N) is 7. The summed E-state index contributed by atoms with van der Waals surface area (Å²) in [5.41, 5.74) is 0.807. The van der Waals surface area contributed by atoms with Crippen molar-refractivity contribution >= 4 is 16.6 Å². The van der Waals surface area contributed by atoms with Crippen molar-refractivity contribution in [2.45, 2.75) is 24.9 Å². The van der Waals surface area contributed by atoms with Gasteiger partial charge in [-0.15, -0.1) is 5.10 Å². The lowest BCUT2D eigenvalue weighted by atomic mass is 10.0. The molecule has 34 heavy (non-hydrogen) atoms. The Bertz CT molecular complexity index is 1580. The third-order valence-electron chi connectivity index (χ3n) is 5.64. The van der Waals surface area contributed by atoms with Crippen molar-refractivity contribution in [1.82, 2.24) is 34.5 Å². The summed E-state index contributed by atoms with van der Waals surface area (Å²) in [6, 6.07) is 3.05. The van der Waals surface area contributed by atoms with Gasteiger partial charge < -0.3 is 9.64 Å². The highest BCUT2D eigenvalue weighted by Gasteiger charge is 2.43. The number of alkyl halides is 3. The van der Waals surface area contributed by atoms with Gasteiger partial charge in [0.25, 0.3) is 5.92 Å². The van der Waals surface area contributed by atoms with Crippen LogP contribution in [0.1, 0.15) is 11.9 Å². The Balaban J connectivity index is 1.62. The van der Waals surface area contributed by atoms with Gasteiger partial charge in [0.1, 0.15) is 23.7 Å². The zero-order chi connectivity index (χ0) is 27.4. The molecule has 1 fully saturated rings. The molecule has 9 nitrogen and oxygen atoms in total. The lowest BCUT2D eigenvalue weighted by Crippen LogP contribution is -2.50. The van der Waals surface area contributed by atoms with Gasteiger partial charge in [-0.3, -0.25) is 9.61 Å². The number of hydrogen-bond donors (Lipinski definition) is 1. The van der Waals surface area contributed by atoms with Crippen molar-refractivity contribution < 1.29 is 27.8 Å². The summed E-state index contributed by atoms with van der Waals surface area (Å²) in [7, 11) is 1.25. The van der Waals surface area contributed by atoms with Crippen molar-refractivity contribution in [1.29, 1.82) is 0 Å². The van der Waals surface area contributed by atoms with Crippen molar-refractivity contribution in [2.75, 3.05) is 33.8 Å². The molecule has 0 bridgehead atoms. The monoisotopic (exact) mass is 482 g/mol. The van der Waals surface area contributed by atoms with E-state index in [4.69, 9.17) is 10.2 Å². The summed E-state index contributed by atoms with van der Waals surface area (Å²) >= 11 is 0. The van der Waals surface area contributed by atoms with Crippen molar-refractivity contribution in [3.05, 3.63) is 35.8 Å². The minimum atomic E-state index is -3.48. The number of benzene rings is 1. The highest BCUT2D eigenvalue weighted by Crippen LogP contribution is 2.34. The van der Waals surface area contributed by atoms with Crippen LogP contribution in [0.4, 0.5) is 17.6 Å². The van der Waals surface area contributed by atoms with Crippen LogP contribution in [0.25, 0.3) is 27.7 Å². The largest absolute Gasteiger partial charge is 0.479 e. The minimum Gasteiger partial charge on any atom is -0.479 e. The Morgan fingerprint density at radius 1 is 1.41 bits per heavy atom. The molecule has 3 aromatic heterocycles. The van der Waals surface area contributed by atoms with E-state index in [1.807, 2.05) is 0 Å². The summed E-state index contributed by atoms with van der Waals surface area (Å²) in [5, 5.41) is 10.4. The van der Waals surface area contributed by atoms with Crippen LogP contribution in [0.3, 0.4) is 0 Å². The highest BCUT2D eigenvalue weighted by atomic mass is 19.3. The van der Waals surface area contributed by atoms with Crippen molar-refractivity contribution in [3.8, 4) is 17.0 Å². The quantitative estimate of drug-likeness (QED) is 0.442. The van der Waals surface area contributed by atoms with E-state index >= 15 is 4.39 Å². The van der Waals surface area contributed by atoms with E-state index in [1.165, 1.54) is 11.8 Å². The van der Waals surface area contributed by atoms with Gasteiger partial charge in [0.15, 0.2) is 5.82 Å². The molecule has 1 aliphatic heterocycles. The molecule has 0 radical (unpaired) electrons. The highest BCUT2D eigenvalue weighted by molar-refractivity contribution is 5.89. The molecule has 4 aromatic rings. The van der Waals surface area contributed by atoms with Crippen LogP contribution in [-0.2, 0) is 6.54 Å². The Labute approximate surface area is 196 Å². The second-order valence-electron chi connectivity index (χ2n) is 7.86. The smallest absolute Gasteiger partial charge is 0.282 e. The number of aromatic nitrogens is 6. The molecular weight excluding hydrogens is 456 g/mol. The van der Waals surface area contributed by atoms with E-state index in [0.717, 1.165) is 4.52 Å². The fourth-order valence-corrected chi connectivity index (χ4v) is 4.05. The summed E-state index contributed by atoms with van der Waals surface area (Å²) in [5.74, 6) is -4.61. The van der Waals surface area contributed by atoms with Gasteiger partial charge in [-0.1, -0.05) is 11.3 Å². The maximum atomic E-state index is 15.4. The van der Waals surface area contributed by atoms with E-state index in [1.54, 1.807) is 18.2 Å². The molecule has 1 atom stereocenters. The van der Waals surface area contributed by atoms with Crippen LogP contribution >= 0.6 is 0 Å². The van der Waals surface area contributed by atoms with Gasteiger partial charge in [-0.05, 0) is 31.1 Å². The summed E-state index contributed by atoms with van der Waals surface area (Å²) in [4.78, 5) is 8.82. The summed E-state index contributed by atoms with van der Waals surface area (Å²) in [6.07, 6.45) is -0.896. The van der Waals surface area contributed by atoms with Crippen molar-refractivity contribution in [2.24, 2.45) is 4.99 Å². The SMILES string of the molecule is [2H]c1c(F)c(-c2ccc3nnn(CCF)c3c2)c2c(OC)nc(=NC3CCN(C([2H])([2H])[2H])CC3(F)F)[nH]n12. The van der Waals surface area contributed by atoms with Gasteiger partial charge in [0.05, 0.1) is 38.8 Å². The molecule has 13 heteroatoms. The van der Waals surface area contributed by atoms with Gasteiger partial charge in [0, 0.05) is 10.7 Å². The van der Waals surface area contributed by atoms with Crippen molar-refractivity contribution in [3.63, 3.8) is 0 Å². The van der Waals surface area contributed by atoms with Crippen LogP contribution in [0.15, 0.2) is 29.4 Å².